The minimum atomic E-state index is -0.461. The Balaban J connectivity index is 1.61. The van der Waals surface area contributed by atoms with Crippen LogP contribution in [0.3, 0.4) is 0 Å². The van der Waals surface area contributed by atoms with Gasteiger partial charge in [0.15, 0.2) is 6.61 Å². The Hall–Kier alpha value is -3.41. The molecule has 0 bridgehead atoms. The van der Waals surface area contributed by atoms with Crippen LogP contribution >= 0.6 is 0 Å². The first-order valence-electron chi connectivity index (χ1n) is 7.61. The zero-order valence-corrected chi connectivity index (χ0v) is 13.6. The molecule has 0 aliphatic rings. The SMILES string of the molecule is COC(=O)c1cccc(NC(=O)COc2ccc3ncccc3c2)c1. The summed E-state index contributed by atoms with van der Waals surface area (Å²) in [4.78, 5) is 27.8. The van der Waals surface area contributed by atoms with Crippen molar-refractivity contribution in [1.29, 1.82) is 0 Å². The van der Waals surface area contributed by atoms with Crippen molar-refractivity contribution in [2.75, 3.05) is 19.0 Å². The molecule has 6 nitrogen and oxygen atoms in total. The Kier molecular flexibility index (Phi) is 4.89. The normalized spacial score (nSPS) is 10.3. The van der Waals surface area contributed by atoms with E-state index in [2.05, 4.69) is 15.0 Å². The summed E-state index contributed by atoms with van der Waals surface area (Å²) in [6.45, 7) is -0.145. The summed E-state index contributed by atoms with van der Waals surface area (Å²) in [6, 6.07) is 15.7. The summed E-state index contributed by atoms with van der Waals surface area (Å²) in [5, 5.41) is 3.62. The van der Waals surface area contributed by atoms with Crippen molar-refractivity contribution in [2.24, 2.45) is 0 Å². The number of methoxy groups -OCH3 is 1. The molecule has 3 rings (SSSR count). The van der Waals surface area contributed by atoms with E-state index >= 15 is 0 Å². The largest absolute Gasteiger partial charge is 0.484 e. The summed E-state index contributed by atoms with van der Waals surface area (Å²) >= 11 is 0. The number of nitrogens with one attached hydrogen (secondary N) is 1. The smallest absolute Gasteiger partial charge is 0.337 e. The van der Waals surface area contributed by atoms with E-state index in [0.717, 1.165) is 10.9 Å². The predicted octanol–water partition coefficient (Wildman–Crippen LogP) is 3.04. The highest BCUT2D eigenvalue weighted by Gasteiger charge is 2.08. The first-order valence-corrected chi connectivity index (χ1v) is 7.61. The lowest BCUT2D eigenvalue weighted by atomic mass is 10.2. The van der Waals surface area contributed by atoms with Crippen molar-refractivity contribution in [1.82, 2.24) is 4.98 Å². The zero-order chi connectivity index (χ0) is 17.6. The van der Waals surface area contributed by atoms with Crippen molar-refractivity contribution in [2.45, 2.75) is 0 Å². The molecule has 0 fully saturated rings. The fourth-order valence-corrected chi connectivity index (χ4v) is 2.33. The third-order valence-corrected chi connectivity index (χ3v) is 3.51. The maximum atomic E-state index is 12.0. The molecule has 25 heavy (non-hydrogen) atoms. The van der Waals surface area contributed by atoms with Crippen LogP contribution in [0.1, 0.15) is 10.4 Å². The maximum absolute atomic E-state index is 12.0. The highest BCUT2D eigenvalue weighted by atomic mass is 16.5. The van der Waals surface area contributed by atoms with Crippen LogP contribution in [0.15, 0.2) is 60.8 Å². The molecule has 3 aromatic rings. The molecule has 1 heterocycles. The van der Waals surface area contributed by atoms with Gasteiger partial charge in [0, 0.05) is 17.3 Å². The van der Waals surface area contributed by atoms with Gasteiger partial charge in [-0.25, -0.2) is 4.79 Å². The van der Waals surface area contributed by atoms with Gasteiger partial charge in [0.25, 0.3) is 5.91 Å². The molecule has 0 saturated heterocycles. The van der Waals surface area contributed by atoms with Crippen LogP contribution in [0.2, 0.25) is 0 Å². The topological polar surface area (TPSA) is 77.5 Å². The van der Waals surface area contributed by atoms with E-state index in [1.165, 1.54) is 7.11 Å². The molecule has 126 valence electrons. The standard InChI is InChI=1S/C19H16N2O4/c1-24-19(23)14-4-2-6-15(10-14)21-18(22)12-25-16-7-8-17-13(11-16)5-3-9-20-17/h2-11H,12H2,1H3,(H,21,22). The minimum Gasteiger partial charge on any atom is -0.484 e. The third-order valence-electron chi connectivity index (χ3n) is 3.51. The molecule has 0 radical (unpaired) electrons. The van der Waals surface area contributed by atoms with Crippen molar-refractivity contribution in [3.05, 3.63) is 66.4 Å². The molecular weight excluding hydrogens is 320 g/mol. The number of carbonyl (C=O) groups is 2. The van der Waals surface area contributed by atoms with E-state index in [4.69, 9.17) is 4.74 Å². The highest BCUT2D eigenvalue weighted by Crippen LogP contribution is 2.19. The number of carbonyl (C=O) groups excluding carboxylic acids is 2. The van der Waals surface area contributed by atoms with E-state index in [9.17, 15) is 9.59 Å². The van der Waals surface area contributed by atoms with Crippen LogP contribution in [-0.2, 0) is 9.53 Å². The number of hydrogen-bond donors (Lipinski definition) is 1. The Morgan fingerprint density at radius 2 is 1.96 bits per heavy atom. The molecular formula is C19H16N2O4. The van der Waals surface area contributed by atoms with E-state index in [-0.39, 0.29) is 12.5 Å². The number of fused-ring (bicyclic) bond motifs is 1. The van der Waals surface area contributed by atoms with Gasteiger partial charge in [0.05, 0.1) is 18.2 Å². The van der Waals surface area contributed by atoms with Gasteiger partial charge in [-0.15, -0.1) is 0 Å². The average molecular weight is 336 g/mol. The van der Waals surface area contributed by atoms with Crippen LogP contribution in [0.25, 0.3) is 10.9 Å². The maximum Gasteiger partial charge on any atom is 0.337 e. The number of hydrogen-bond acceptors (Lipinski definition) is 5. The quantitative estimate of drug-likeness (QED) is 0.725. The van der Waals surface area contributed by atoms with Crippen LogP contribution in [0.4, 0.5) is 5.69 Å². The first-order chi connectivity index (χ1) is 12.2. The first kappa shape index (κ1) is 16.4. The van der Waals surface area contributed by atoms with Gasteiger partial charge in [-0.1, -0.05) is 12.1 Å². The number of pyridine rings is 1. The van der Waals surface area contributed by atoms with Gasteiger partial charge in [0.1, 0.15) is 5.75 Å². The summed E-state index contributed by atoms with van der Waals surface area (Å²) in [5.41, 5.74) is 1.72. The Morgan fingerprint density at radius 1 is 1.08 bits per heavy atom. The number of amides is 1. The summed E-state index contributed by atoms with van der Waals surface area (Å²) in [6.07, 6.45) is 1.72. The Morgan fingerprint density at radius 3 is 2.80 bits per heavy atom. The monoisotopic (exact) mass is 336 g/mol. The van der Waals surface area contributed by atoms with Gasteiger partial charge in [-0.3, -0.25) is 9.78 Å². The molecule has 0 aliphatic heterocycles. The number of aromatic nitrogens is 1. The van der Waals surface area contributed by atoms with Gasteiger partial charge >= 0.3 is 5.97 Å². The van der Waals surface area contributed by atoms with E-state index in [0.29, 0.717) is 17.0 Å². The number of nitrogens with zero attached hydrogens (tertiary/aromatic N) is 1. The molecule has 0 saturated carbocycles. The molecule has 0 unspecified atom stereocenters. The average Bonchev–Trinajstić information content (AvgIpc) is 2.65. The van der Waals surface area contributed by atoms with Crippen LogP contribution < -0.4 is 10.1 Å². The summed E-state index contributed by atoms with van der Waals surface area (Å²) < 4.78 is 10.2. The molecule has 2 aromatic carbocycles. The van der Waals surface area contributed by atoms with Gasteiger partial charge in [0.2, 0.25) is 0 Å². The number of benzene rings is 2. The number of rotatable bonds is 5. The Bertz CT molecular complexity index is 924. The number of ether oxygens (including phenoxy) is 2. The predicted molar refractivity (Wildman–Crippen MR) is 93.6 cm³/mol. The Labute approximate surface area is 144 Å². The molecule has 0 atom stereocenters. The molecule has 0 aliphatic carbocycles. The summed E-state index contributed by atoms with van der Waals surface area (Å²) in [5.74, 6) is -0.204. The van der Waals surface area contributed by atoms with Crippen LogP contribution in [0.5, 0.6) is 5.75 Å². The fraction of sp³-hybridized carbons (Fsp3) is 0.105. The second kappa shape index (κ2) is 7.44. The lowest BCUT2D eigenvalue weighted by molar-refractivity contribution is -0.118. The second-order valence-electron chi connectivity index (χ2n) is 5.27. The van der Waals surface area contributed by atoms with E-state index < -0.39 is 5.97 Å². The molecule has 0 spiro atoms. The van der Waals surface area contributed by atoms with Gasteiger partial charge in [-0.05, 0) is 42.5 Å². The van der Waals surface area contributed by atoms with Crippen molar-refractivity contribution in [3.63, 3.8) is 0 Å². The van der Waals surface area contributed by atoms with E-state index in [1.54, 1.807) is 36.5 Å². The fourth-order valence-electron chi connectivity index (χ4n) is 2.33. The molecule has 1 N–H and O–H groups in total. The van der Waals surface area contributed by atoms with Crippen molar-refractivity contribution >= 4 is 28.5 Å². The molecule has 1 amide bonds. The third kappa shape index (κ3) is 4.11. The lowest BCUT2D eigenvalue weighted by Gasteiger charge is -2.09. The van der Waals surface area contributed by atoms with E-state index in [1.807, 2.05) is 24.3 Å². The second-order valence-corrected chi connectivity index (χ2v) is 5.27. The van der Waals surface area contributed by atoms with Gasteiger partial charge < -0.3 is 14.8 Å². The van der Waals surface area contributed by atoms with Gasteiger partial charge in [-0.2, -0.15) is 0 Å². The number of esters is 1. The molecule has 6 heteroatoms. The van der Waals surface area contributed by atoms with Crippen LogP contribution in [-0.4, -0.2) is 30.6 Å². The minimum absolute atomic E-state index is 0.145. The number of anilines is 1. The summed E-state index contributed by atoms with van der Waals surface area (Å²) in [7, 11) is 1.31. The zero-order valence-electron chi connectivity index (χ0n) is 13.6. The highest BCUT2D eigenvalue weighted by molar-refractivity contribution is 5.95. The van der Waals surface area contributed by atoms with Crippen molar-refractivity contribution in [3.8, 4) is 5.75 Å². The van der Waals surface area contributed by atoms with Crippen molar-refractivity contribution < 1.29 is 19.1 Å². The van der Waals surface area contributed by atoms with Crippen LogP contribution in [0, 0.1) is 0 Å². The molecule has 1 aromatic heterocycles. The lowest BCUT2D eigenvalue weighted by Crippen LogP contribution is -2.20.